The highest BCUT2D eigenvalue weighted by Gasteiger charge is 2.03. The number of carboxylic acid groups (broad SMARTS) is 1. The average molecular weight is 256 g/mol. The number of halogens is 1. The Morgan fingerprint density at radius 3 is 2.94 bits per heavy atom. The Labute approximate surface area is 105 Å². The maximum Gasteiger partial charge on any atom is 0.335 e. The number of nitrogens with one attached hydrogen (secondary N) is 1. The van der Waals surface area contributed by atoms with Gasteiger partial charge in [0, 0.05) is 18.1 Å². The van der Waals surface area contributed by atoms with Crippen molar-refractivity contribution in [1.29, 1.82) is 0 Å². The molecule has 0 saturated heterocycles. The van der Waals surface area contributed by atoms with Crippen LogP contribution < -0.4 is 10.1 Å². The van der Waals surface area contributed by atoms with E-state index in [1.165, 1.54) is 12.1 Å². The van der Waals surface area contributed by atoms with Gasteiger partial charge in [0.1, 0.15) is 12.4 Å². The van der Waals surface area contributed by atoms with Crippen LogP contribution in [0, 0.1) is 0 Å². The molecule has 0 atom stereocenters. The largest absolute Gasteiger partial charge is 0.492 e. The number of carboxylic acids is 1. The first-order chi connectivity index (χ1) is 8.09. The van der Waals surface area contributed by atoms with Crippen LogP contribution in [-0.4, -0.2) is 30.8 Å². The van der Waals surface area contributed by atoms with Crippen molar-refractivity contribution in [2.24, 2.45) is 0 Å². The second-order valence-electron chi connectivity index (χ2n) is 3.38. The van der Waals surface area contributed by atoms with Gasteiger partial charge < -0.3 is 15.2 Å². The maximum atomic E-state index is 10.7. The second-order valence-corrected chi connectivity index (χ2v) is 3.91. The molecule has 0 heterocycles. The van der Waals surface area contributed by atoms with E-state index in [4.69, 9.17) is 21.4 Å². The molecule has 0 amide bonds. The summed E-state index contributed by atoms with van der Waals surface area (Å²) in [6.07, 6.45) is 0. The lowest BCUT2D eigenvalue weighted by Gasteiger charge is -2.07. The van der Waals surface area contributed by atoms with E-state index in [1.54, 1.807) is 12.1 Å². The van der Waals surface area contributed by atoms with Crippen LogP contribution in [0.2, 0.25) is 0 Å². The zero-order valence-electron chi connectivity index (χ0n) is 9.28. The molecule has 0 aliphatic heterocycles. The summed E-state index contributed by atoms with van der Waals surface area (Å²) >= 11 is 5.57. The van der Waals surface area contributed by atoms with E-state index in [1.807, 2.05) is 0 Å². The lowest BCUT2D eigenvalue weighted by Crippen LogP contribution is -2.22. The molecule has 1 aromatic rings. The van der Waals surface area contributed by atoms with Crippen LogP contribution in [0.15, 0.2) is 35.9 Å². The summed E-state index contributed by atoms with van der Waals surface area (Å²) in [4.78, 5) is 10.7. The number of benzene rings is 1. The number of hydrogen-bond acceptors (Lipinski definition) is 3. The van der Waals surface area contributed by atoms with Gasteiger partial charge in [-0.2, -0.15) is 0 Å². The van der Waals surface area contributed by atoms with Gasteiger partial charge in [-0.15, -0.1) is 0 Å². The molecule has 5 heteroatoms. The predicted molar refractivity (Wildman–Crippen MR) is 66.8 cm³/mol. The van der Waals surface area contributed by atoms with Crippen molar-refractivity contribution in [2.45, 2.75) is 0 Å². The molecule has 0 saturated carbocycles. The van der Waals surface area contributed by atoms with E-state index in [0.29, 0.717) is 30.5 Å². The summed E-state index contributed by atoms with van der Waals surface area (Å²) in [5.74, 6) is -0.427. The fourth-order valence-electron chi connectivity index (χ4n) is 1.18. The molecule has 92 valence electrons. The Morgan fingerprint density at radius 2 is 2.29 bits per heavy atom. The minimum absolute atomic E-state index is 0.213. The summed E-state index contributed by atoms with van der Waals surface area (Å²) in [6.45, 7) is 5.12. The number of aromatic carboxylic acids is 1. The average Bonchev–Trinajstić information content (AvgIpc) is 2.28. The zero-order chi connectivity index (χ0) is 12.7. The van der Waals surface area contributed by atoms with Gasteiger partial charge in [0.05, 0.1) is 5.56 Å². The first-order valence-corrected chi connectivity index (χ1v) is 5.47. The van der Waals surface area contributed by atoms with Gasteiger partial charge in [-0.25, -0.2) is 4.79 Å². The molecule has 0 aliphatic rings. The van der Waals surface area contributed by atoms with E-state index < -0.39 is 5.97 Å². The van der Waals surface area contributed by atoms with Crippen molar-refractivity contribution in [2.75, 3.05) is 19.7 Å². The molecule has 1 aromatic carbocycles. The van der Waals surface area contributed by atoms with Gasteiger partial charge in [0.25, 0.3) is 0 Å². The Balaban J connectivity index is 2.34. The second kappa shape index (κ2) is 6.93. The molecule has 0 spiro atoms. The maximum absolute atomic E-state index is 10.7. The van der Waals surface area contributed by atoms with Gasteiger partial charge >= 0.3 is 5.97 Å². The van der Waals surface area contributed by atoms with Gasteiger partial charge in [-0.05, 0) is 18.2 Å². The number of ether oxygens (including phenoxy) is 1. The van der Waals surface area contributed by atoms with Crippen molar-refractivity contribution in [1.82, 2.24) is 5.32 Å². The van der Waals surface area contributed by atoms with E-state index in [9.17, 15) is 4.79 Å². The third-order valence-corrected chi connectivity index (χ3v) is 2.08. The van der Waals surface area contributed by atoms with E-state index in [-0.39, 0.29) is 5.56 Å². The smallest absolute Gasteiger partial charge is 0.335 e. The predicted octanol–water partition coefficient (Wildman–Crippen LogP) is 2.11. The topological polar surface area (TPSA) is 58.6 Å². The molecule has 2 N–H and O–H groups in total. The van der Waals surface area contributed by atoms with Gasteiger partial charge in [-0.1, -0.05) is 24.2 Å². The summed E-state index contributed by atoms with van der Waals surface area (Å²) in [5, 5.41) is 12.3. The summed E-state index contributed by atoms with van der Waals surface area (Å²) in [7, 11) is 0. The molecule has 0 fully saturated rings. The summed E-state index contributed by atoms with van der Waals surface area (Å²) in [5.41, 5.74) is 0.213. The standard InChI is InChI=1S/C12H14ClNO3/c1-9(13)8-14-5-6-17-11-4-2-3-10(7-11)12(15)16/h2-4,7,14H,1,5-6,8H2,(H,15,16). The zero-order valence-corrected chi connectivity index (χ0v) is 10.0. The van der Waals surface area contributed by atoms with Crippen molar-refractivity contribution < 1.29 is 14.6 Å². The Kier molecular flexibility index (Phi) is 5.52. The normalized spacial score (nSPS) is 9.94. The van der Waals surface area contributed by atoms with Crippen LogP contribution in [0.4, 0.5) is 0 Å². The fraction of sp³-hybridized carbons (Fsp3) is 0.250. The molecular formula is C12H14ClNO3. The minimum atomic E-state index is -0.966. The molecule has 17 heavy (non-hydrogen) atoms. The molecule has 0 bridgehead atoms. The number of carbonyl (C=O) groups is 1. The third kappa shape index (κ3) is 5.38. The van der Waals surface area contributed by atoms with E-state index >= 15 is 0 Å². The minimum Gasteiger partial charge on any atom is -0.492 e. The van der Waals surface area contributed by atoms with Gasteiger partial charge in [0.15, 0.2) is 0 Å². The highest BCUT2D eigenvalue weighted by Crippen LogP contribution is 2.12. The third-order valence-electron chi connectivity index (χ3n) is 1.95. The molecular weight excluding hydrogens is 242 g/mol. The Morgan fingerprint density at radius 1 is 1.53 bits per heavy atom. The van der Waals surface area contributed by atoms with E-state index in [0.717, 1.165) is 0 Å². The lowest BCUT2D eigenvalue weighted by atomic mass is 10.2. The van der Waals surface area contributed by atoms with Crippen LogP contribution in [-0.2, 0) is 0 Å². The number of hydrogen-bond donors (Lipinski definition) is 2. The van der Waals surface area contributed by atoms with Crippen molar-refractivity contribution in [3.63, 3.8) is 0 Å². The number of rotatable bonds is 7. The van der Waals surface area contributed by atoms with Crippen LogP contribution in [0.5, 0.6) is 5.75 Å². The van der Waals surface area contributed by atoms with Crippen molar-refractivity contribution in [3.8, 4) is 5.75 Å². The molecule has 4 nitrogen and oxygen atoms in total. The molecule has 0 aliphatic carbocycles. The highest BCUT2D eigenvalue weighted by atomic mass is 35.5. The molecule has 1 rings (SSSR count). The van der Waals surface area contributed by atoms with Crippen LogP contribution in [0.1, 0.15) is 10.4 Å². The van der Waals surface area contributed by atoms with Crippen LogP contribution >= 0.6 is 11.6 Å². The summed E-state index contributed by atoms with van der Waals surface area (Å²) in [6, 6.07) is 6.37. The fourth-order valence-corrected chi connectivity index (χ4v) is 1.28. The van der Waals surface area contributed by atoms with E-state index in [2.05, 4.69) is 11.9 Å². The van der Waals surface area contributed by atoms with Crippen molar-refractivity contribution in [3.05, 3.63) is 41.4 Å². The lowest BCUT2D eigenvalue weighted by molar-refractivity contribution is 0.0696. The quantitative estimate of drug-likeness (QED) is 0.733. The highest BCUT2D eigenvalue weighted by molar-refractivity contribution is 6.29. The Hall–Kier alpha value is -1.52. The first kappa shape index (κ1) is 13.5. The first-order valence-electron chi connectivity index (χ1n) is 5.10. The van der Waals surface area contributed by atoms with Gasteiger partial charge in [-0.3, -0.25) is 0 Å². The molecule has 0 unspecified atom stereocenters. The van der Waals surface area contributed by atoms with Crippen molar-refractivity contribution >= 4 is 17.6 Å². The van der Waals surface area contributed by atoms with Crippen LogP contribution in [0.3, 0.4) is 0 Å². The Bertz CT molecular complexity index is 406. The molecule has 0 aromatic heterocycles. The monoisotopic (exact) mass is 255 g/mol. The summed E-state index contributed by atoms with van der Waals surface area (Å²) < 4.78 is 5.38. The van der Waals surface area contributed by atoms with Gasteiger partial charge in [0.2, 0.25) is 0 Å². The van der Waals surface area contributed by atoms with Crippen LogP contribution in [0.25, 0.3) is 0 Å². The molecule has 0 radical (unpaired) electrons. The SMILES string of the molecule is C=C(Cl)CNCCOc1cccc(C(=O)O)c1.